The molecule has 2 aliphatic rings. The second-order valence-corrected chi connectivity index (χ2v) is 4.70. The van der Waals surface area contributed by atoms with Gasteiger partial charge >= 0.3 is 0 Å². The third-order valence-electron chi connectivity index (χ3n) is 3.72. The van der Waals surface area contributed by atoms with Crippen molar-refractivity contribution in [1.82, 2.24) is 0 Å². The van der Waals surface area contributed by atoms with Gasteiger partial charge in [-0.3, -0.25) is 4.79 Å². The van der Waals surface area contributed by atoms with Gasteiger partial charge in [-0.2, -0.15) is 0 Å². The first-order valence-corrected chi connectivity index (χ1v) is 5.73. The first-order valence-electron chi connectivity index (χ1n) is 5.73. The van der Waals surface area contributed by atoms with Crippen LogP contribution in [0.4, 0.5) is 5.69 Å². The summed E-state index contributed by atoms with van der Waals surface area (Å²) in [6, 6.07) is 6.18. The fraction of sp³-hybridized carbons (Fsp3) is 0.462. The molecule has 0 atom stereocenters. The summed E-state index contributed by atoms with van der Waals surface area (Å²) in [7, 11) is 0. The van der Waals surface area contributed by atoms with E-state index in [0.717, 1.165) is 18.5 Å². The standard InChI is InChI=1S/C13H15NO2/c1-9-2-3-11-10(8-9)13(12(15)14-11)4-6-16-7-5-13/h2-3,8H,4-7H2,1H3,(H,14,15). The highest BCUT2D eigenvalue weighted by atomic mass is 16.5. The molecule has 1 saturated heterocycles. The molecule has 3 nitrogen and oxygen atoms in total. The number of fused-ring (bicyclic) bond motifs is 2. The molecule has 1 fully saturated rings. The summed E-state index contributed by atoms with van der Waals surface area (Å²) in [5.41, 5.74) is 3.04. The Bertz CT molecular complexity index is 447. The lowest BCUT2D eigenvalue weighted by atomic mass is 9.75. The molecule has 16 heavy (non-hydrogen) atoms. The Morgan fingerprint density at radius 2 is 2.06 bits per heavy atom. The largest absolute Gasteiger partial charge is 0.381 e. The number of hydrogen-bond donors (Lipinski definition) is 1. The van der Waals surface area contributed by atoms with Crippen LogP contribution in [0.15, 0.2) is 18.2 Å². The topological polar surface area (TPSA) is 38.3 Å². The fourth-order valence-corrected chi connectivity index (χ4v) is 2.74. The normalized spacial score (nSPS) is 21.9. The Morgan fingerprint density at radius 1 is 1.31 bits per heavy atom. The summed E-state index contributed by atoms with van der Waals surface area (Å²) >= 11 is 0. The molecule has 0 radical (unpaired) electrons. The minimum Gasteiger partial charge on any atom is -0.381 e. The number of amides is 1. The second kappa shape index (κ2) is 3.32. The minimum atomic E-state index is -0.320. The van der Waals surface area contributed by atoms with Gasteiger partial charge in [-0.05, 0) is 31.4 Å². The van der Waals surface area contributed by atoms with Crippen LogP contribution in [-0.2, 0) is 14.9 Å². The summed E-state index contributed by atoms with van der Waals surface area (Å²) in [4.78, 5) is 12.2. The zero-order valence-corrected chi connectivity index (χ0v) is 9.38. The van der Waals surface area contributed by atoms with Crippen molar-refractivity contribution in [3.63, 3.8) is 0 Å². The van der Waals surface area contributed by atoms with E-state index in [1.165, 1.54) is 11.1 Å². The van der Waals surface area contributed by atoms with E-state index in [0.29, 0.717) is 13.2 Å². The van der Waals surface area contributed by atoms with Crippen LogP contribution in [0, 0.1) is 6.92 Å². The van der Waals surface area contributed by atoms with E-state index in [1.807, 2.05) is 12.1 Å². The van der Waals surface area contributed by atoms with Gasteiger partial charge in [0.25, 0.3) is 0 Å². The van der Waals surface area contributed by atoms with Crippen molar-refractivity contribution in [2.75, 3.05) is 18.5 Å². The van der Waals surface area contributed by atoms with Crippen molar-refractivity contribution in [3.05, 3.63) is 29.3 Å². The highest BCUT2D eigenvalue weighted by molar-refractivity contribution is 6.06. The average molecular weight is 217 g/mol. The van der Waals surface area contributed by atoms with Gasteiger partial charge in [0.15, 0.2) is 0 Å². The van der Waals surface area contributed by atoms with Gasteiger partial charge in [0.1, 0.15) is 0 Å². The number of carbonyl (C=O) groups is 1. The first kappa shape index (κ1) is 9.85. The van der Waals surface area contributed by atoms with Crippen molar-refractivity contribution in [2.24, 2.45) is 0 Å². The lowest BCUT2D eigenvalue weighted by molar-refractivity contribution is -0.124. The van der Waals surface area contributed by atoms with Gasteiger partial charge in [-0.15, -0.1) is 0 Å². The quantitative estimate of drug-likeness (QED) is 0.721. The molecule has 1 spiro atoms. The predicted octanol–water partition coefficient (Wildman–Crippen LogP) is 2.00. The molecule has 0 bridgehead atoms. The molecule has 3 heteroatoms. The van der Waals surface area contributed by atoms with Crippen LogP contribution in [0.3, 0.4) is 0 Å². The zero-order valence-electron chi connectivity index (χ0n) is 9.38. The fourth-order valence-electron chi connectivity index (χ4n) is 2.74. The van der Waals surface area contributed by atoms with Crippen LogP contribution in [0.5, 0.6) is 0 Å². The smallest absolute Gasteiger partial charge is 0.235 e. The summed E-state index contributed by atoms with van der Waals surface area (Å²) in [5, 5.41) is 2.99. The molecule has 1 aromatic carbocycles. The Labute approximate surface area is 94.8 Å². The molecule has 0 aromatic heterocycles. The maximum Gasteiger partial charge on any atom is 0.235 e. The highest BCUT2D eigenvalue weighted by Gasteiger charge is 2.47. The van der Waals surface area contributed by atoms with Crippen LogP contribution >= 0.6 is 0 Å². The van der Waals surface area contributed by atoms with E-state index in [2.05, 4.69) is 18.3 Å². The molecule has 0 unspecified atom stereocenters. The van der Waals surface area contributed by atoms with Crippen LogP contribution in [0.1, 0.15) is 24.0 Å². The molecule has 3 rings (SSSR count). The van der Waals surface area contributed by atoms with Crippen molar-refractivity contribution in [2.45, 2.75) is 25.2 Å². The summed E-state index contributed by atoms with van der Waals surface area (Å²) in [5.74, 6) is 0.149. The van der Waals surface area contributed by atoms with Crippen LogP contribution in [0.25, 0.3) is 0 Å². The van der Waals surface area contributed by atoms with Crippen molar-refractivity contribution in [1.29, 1.82) is 0 Å². The summed E-state index contributed by atoms with van der Waals surface area (Å²) in [6.07, 6.45) is 1.60. The van der Waals surface area contributed by atoms with Crippen LogP contribution in [-0.4, -0.2) is 19.1 Å². The molecule has 0 saturated carbocycles. The highest BCUT2D eigenvalue weighted by Crippen LogP contribution is 2.44. The van der Waals surface area contributed by atoms with E-state index < -0.39 is 0 Å². The maximum atomic E-state index is 12.2. The van der Waals surface area contributed by atoms with Crippen molar-refractivity contribution >= 4 is 11.6 Å². The van der Waals surface area contributed by atoms with Gasteiger partial charge in [0.2, 0.25) is 5.91 Å². The lowest BCUT2D eigenvalue weighted by Gasteiger charge is -2.31. The third kappa shape index (κ3) is 1.21. The molecule has 1 amide bonds. The Kier molecular flexibility index (Phi) is 2.04. The zero-order chi connectivity index (χ0) is 11.2. The third-order valence-corrected chi connectivity index (χ3v) is 3.72. The average Bonchev–Trinajstić information content (AvgIpc) is 2.55. The number of nitrogens with one attached hydrogen (secondary N) is 1. The molecular weight excluding hydrogens is 202 g/mol. The summed E-state index contributed by atoms with van der Waals surface area (Å²) < 4.78 is 5.37. The number of rotatable bonds is 0. The van der Waals surface area contributed by atoms with Gasteiger partial charge in [-0.1, -0.05) is 17.7 Å². The van der Waals surface area contributed by atoms with Gasteiger partial charge in [0.05, 0.1) is 5.41 Å². The van der Waals surface area contributed by atoms with E-state index in [9.17, 15) is 4.79 Å². The number of anilines is 1. The van der Waals surface area contributed by atoms with Gasteiger partial charge in [0, 0.05) is 18.9 Å². The molecule has 1 N–H and O–H groups in total. The Balaban J connectivity index is 2.13. The van der Waals surface area contributed by atoms with Gasteiger partial charge < -0.3 is 10.1 Å². The number of benzene rings is 1. The lowest BCUT2D eigenvalue weighted by Crippen LogP contribution is -2.40. The number of aryl methyl sites for hydroxylation is 1. The van der Waals surface area contributed by atoms with E-state index in [-0.39, 0.29) is 11.3 Å². The van der Waals surface area contributed by atoms with E-state index in [4.69, 9.17) is 4.74 Å². The SMILES string of the molecule is Cc1ccc2c(c1)C1(CCOCC1)C(=O)N2. The van der Waals surface area contributed by atoms with E-state index in [1.54, 1.807) is 0 Å². The predicted molar refractivity (Wildman–Crippen MR) is 61.5 cm³/mol. The van der Waals surface area contributed by atoms with Crippen LogP contribution < -0.4 is 5.32 Å². The molecule has 1 aromatic rings. The molecule has 84 valence electrons. The monoisotopic (exact) mass is 217 g/mol. The molecule has 2 aliphatic heterocycles. The van der Waals surface area contributed by atoms with E-state index >= 15 is 0 Å². The molecular formula is C13H15NO2. The number of hydrogen-bond acceptors (Lipinski definition) is 2. The second-order valence-electron chi connectivity index (χ2n) is 4.70. The Morgan fingerprint density at radius 3 is 2.81 bits per heavy atom. The maximum absolute atomic E-state index is 12.2. The molecule has 0 aliphatic carbocycles. The first-order chi connectivity index (χ1) is 7.72. The van der Waals surface area contributed by atoms with Crippen LogP contribution in [0.2, 0.25) is 0 Å². The minimum absolute atomic E-state index is 0.149. The summed E-state index contributed by atoms with van der Waals surface area (Å²) in [6.45, 7) is 3.43. The van der Waals surface area contributed by atoms with Crippen molar-refractivity contribution in [3.8, 4) is 0 Å². The molecule has 2 heterocycles. The number of ether oxygens (including phenoxy) is 1. The van der Waals surface area contributed by atoms with Crippen molar-refractivity contribution < 1.29 is 9.53 Å². The Hall–Kier alpha value is -1.35. The van der Waals surface area contributed by atoms with Gasteiger partial charge in [-0.25, -0.2) is 0 Å². The number of carbonyl (C=O) groups excluding carboxylic acids is 1.